The number of hydrogen-bond donors (Lipinski definition) is 0. The van der Waals surface area contributed by atoms with Crippen LogP contribution in [0.15, 0.2) is 36.7 Å². The van der Waals surface area contributed by atoms with E-state index in [0.717, 1.165) is 0 Å². The van der Waals surface area contributed by atoms with E-state index in [-0.39, 0.29) is 11.9 Å². The third kappa shape index (κ3) is 4.63. The average molecular weight is 397 g/mol. The van der Waals surface area contributed by atoms with Crippen molar-refractivity contribution in [3.63, 3.8) is 0 Å². The first-order valence-corrected chi connectivity index (χ1v) is 10.2. The number of aromatic nitrogens is 2. The normalized spacial score (nSPS) is 18.0. The molecule has 0 aliphatic carbocycles. The second-order valence-electron chi connectivity index (χ2n) is 6.38. The topological polar surface area (TPSA) is 75.6 Å². The largest absolute Gasteiger partial charge is 0.472 e. The summed E-state index contributed by atoms with van der Waals surface area (Å²) in [7, 11) is 0.332. The lowest BCUT2D eigenvalue weighted by atomic mass is 10.2. The van der Waals surface area contributed by atoms with Crippen molar-refractivity contribution in [1.82, 2.24) is 14.3 Å². The number of ether oxygens (including phenoxy) is 1. The first-order chi connectivity index (χ1) is 12.3. The van der Waals surface area contributed by atoms with Gasteiger partial charge >= 0.3 is 0 Å². The summed E-state index contributed by atoms with van der Waals surface area (Å²) in [6.07, 6.45) is 3.57. The predicted molar refractivity (Wildman–Crippen MR) is 101 cm³/mol. The maximum atomic E-state index is 12.6. The van der Waals surface area contributed by atoms with Gasteiger partial charge in [0.2, 0.25) is 15.9 Å². The minimum atomic E-state index is -3.41. The summed E-state index contributed by atoms with van der Waals surface area (Å²) in [5.74, 6) is 1.04. The Bertz CT molecular complexity index is 859. The van der Waals surface area contributed by atoms with Crippen molar-refractivity contribution in [2.75, 3.05) is 32.1 Å². The molecular formula is C17H21ClN4O3S. The van der Waals surface area contributed by atoms with Crippen LogP contribution in [0.3, 0.4) is 0 Å². The summed E-state index contributed by atoms with van der Waals surface area (Å²) in [4.78, 5) is 10.3. The summed E-state index contributed by atoms with van der Waals surface area (Å²) in [5.41, 5.74) is 0.711. The van der Waals surface area contributed by atoms with Crippen molar-refractivity contribution in [2.24, 2.45) is 0 Å². The molecule has 1 saturated heterocycles. The van der Waals surface area contributed by atoms with Gasteiger partial charge in [0.25, 0.3) is 0 Å². The van der Waals surface area contributed by atoms with E-state index in [1.807, 2.05) is 19.0 Å². The van der Waals surface area contributed by atoms with Crippen LogP contribution in [-0.4, -0.2) is 56.0 Å². The van der Waals surface area contributed by atoms with E-state index in [4.69, 9.17) is 16.3 Å². The molecule has 1 atom stereocenters. The molecule has 1 aliphatic heterocycles. The van der Waals surface area contributed by atoms with Gasteiger partial charge in [-0.2, -0.15) is 9.29 Å². The first kappa shape index (κ1) is 18.9. The zero-order chi connectivity index (χ0) is 18.7. The van der Waals surface area contributed by atoms with Crippen molar-refractivity contribution in [3.05, 3.63) is 47.2 Å². The molecule has 0 amide bonds. The van der Waals surface area contributed by atoms with E-state index >= 15 is 0 Å². The Morgan fingerprint density at radius 1 is 1.27 bits per heavy atom. The molecule has 1 unspecified atom stereocenters. The van der Waals surface area contributed by atoms with Crippen molar-refractivity contribution >= 4 is 27.4 Å². The third-order valence-electron chi connectivity index (χ3n) is 4.11. The number of rotatable bonds is 6. The lowest BCUT2D eigenvalue weighted by Gasteiger charge is -2.17. The third-order valence-corrected chi connectivity index (χ3v) is 6.18. The zero-order valence-electron chi connectivity index (χ0n) is 14.7. The van der Waals surface area contributed by atoms with Crippen LogP contribution in [0, 0.1) is 0 Å². The number of halogens is 1. The van der Waals surface area contributed by atoms with E-state index in [1.54, 1.807) is 30.5 Å². The molecule has 0 bridgehead atoms. The Morgan fingerprint density at radius 3 is 2.69 bits per heavy atom. The fraction of sp³-hybridized carbons (Fsp3) is 0.412. The second-order valence-corrected chi connectivity index (χ2v) is 8.78. The molecule has 9 heteroatoms. The van der Waals surface area contributed by atoms with Gasteiger partial charge in [-0.25, -0.2) is 8.42 Å². The first-order valence-electron chi connectivity index (χ1n) is 8.22. The minimum Gasteiger partial charge on any atom is -0.472 e. The highest BCUT2D eigenvalue weighted by atomic mass is 35.5. The lowest BCUT2D eigenvalue weighted by molar-refractivity contribution is 0.206. The molecule has 0 N–H and O–H groups in total. The van der Waals surface area contributed by atoms with Gasteiger partial charge < -0.3 is 9.64 Å². The molecule has 1 fully saturated rings. The summed E-state index contributed by atoms with van der Waals surface area (Å²) in [5, 5.41) is 0.585. The summed E-state index contributed by atoms with van der Waals surface area (Å²) in [6, 6.07) is 6.84. The summed E-state index contributed by atoms with van der Waals surface area (Å²) < 4.78 is 32.6. The lowest BCUT2D eigenvalue weighted by Crippen LogP contribution is -2.32. The van der Waals surface area contributed by atoms with E-state index in [1.165, 1.54) is 10.5 Å². The Labute approximate surface area is 158 Å². The second kappa shape index (κ2) is 7.77. The molecule has 26 heavy (non-hydrogen) atoms. The van der Waals surface area contributed by atoms with Gasteiger partial charge in [-0.15, -0.1) is 0 Å². The predicted octanol–water partition coefficient (Wildman–Crippen LogP) is 2.18. The minimum absolute atomic E-state index is 0.0488. The van der Waals surface area contributed by atoms with Crippen LogP contribution >= 0.6 is 11.6 Å². The molecule has 7 nitrogen and oxygen atoms in total. The molecule has 2 heterocycles. The Balaban J connectivity index is 1.62. The standard InChI is InChI=1S/C17H21ClN4O3S/c1-21(2)16-9-19-10-17(20-16)25-15-7-8-22(11-15)26(23,24)12-13-3-5-14(18)6-4-13/h3-6,9-10,15H,7-8,11-12H2,1-2H3. The smallest absolute Gasteiger partial charge is 0.234 e. The number of anilines is 1. The number of sulfonamides is 1. The molecule has 0 radical (unpaired) electrons. The van der Waals surface area contributed by atoms with Gasteiger partial charge in [-0.1, -0.05) is 23.7 Å². The SMILES string of the molecule is CN(C)c1cncc(OC2CCN(S(=O)(=O)Cc3ccc(Cl)cc3)C2)n1. The van der Waals surface area contributed by atoms with Gasteiger partial charge in [-0.3, -0.25) is 4.98 Å². The van der Waals surface area contributed by atoms with Crippen LogP contribution in [0.1, 0.15) is 12.0 Å². The highest BCUT2D eigenvalue weighted by molar-refractivity contribution is 7.88. The van der Waals surface area contributed by atoms with Gasteiger partial charge in [-0.05, 0) is 24.1 Å². The fourth-order valence-corrected chi connectivity index (χ4v) is 4.41. The fourth-order valence-electron chi connectivity index (χ4n) is 2.71. The van der Waals surface area contributed by atoms with E-state index in [0.29, 0.717) is 41.8 Å². The van der Waals surface area contributed by atoms with Crippen molar-refractivity contribution in [3.8, 4) is 5.88 Å². The summed E-state index contributed by atoms with van der Waals surface area (Å²) in [6.45, 7) is 0.741. The quantitative estimate of drug-likeness (QED) is 0.744. The van der Waals surface area contributed by atoms with Crippen molar-refractivity contribution in [1.29, 1.82) is 0 Å². The number of hydrogen-bond acceptors (Lipinski definition) is 6. The molecule has 1 aromatic carbocycles. The van der Waals surface area contributed by atoms with Gasteiger partial charge in [0, 0.05) is 25.7 Å². The molecule has 140 valence electrons. The highest BCUT2D eigenvalue weighted by Crippen LogP contribution is 2.22. The zero-order valence-corrected chi connectivity index (χ0v) is 16.2. The Kier molecular flexibility index (Phi) is 5.64. The van der Waals surface area contributed by atoms with E-state index in [9.17, 15) is 8.42 Å². The molecule has 3 rings (SSSR count). The number of nitrogens with zero attached hydrogens (tertiary/aromatic N) is 4. The van der Waals surface area contributed by atoms with Crippen LogP contribution in [0.2, 0.25) is 5.02 Å². The van der Waals surface area contributed by atoms with Gasteiger partial charge in [0.15, 0.2) is 5.82 Å². The summed E-state index contributed by atoms with van der Waals surface area (Å²) >= 11 is 5.85. The molecule has 0 saturated carbocycles. The van der Waals surface area contributed by atoms with Crippen LogP contribution in [-0.2, 0) is 15.8 Å². The molecule has 2 aromatic rings. The maximum Gasteiger partial charge on any atom is 0.234 e. The van der Waals surface area contributed by atoms with Crippen molar-refractivity contribution in [2.45, 2.75) is 18.3 Å². The average Bonchev–Trinajstić information content (AvgIpc) is 3.06. The molecule has 0 spiro atoms. The van der Waals surface area contributed by atoms with Crippen LogP contribution in [0.25, 0.3) is 0 Å². The maximum absolute atomic E-state index is 12.6. The van der Waals surface area contributed by atoms with Crippen LogP contribution in [0.5, 0.6) is 5.88 Å². The Morgan fingerprint density at radius 2 is 2.00 bits per heavy atom. The van der Waals surface area contributed by atoms with Crippen LogP contribution < -0.4 is 9.64 Å². The van der Waals surface area contributed by atoms with E-state index < -0.39 is 10.0 Å². The Hall–Kier alpha value is -1.90. The van der Waals surface area contributed by atoms with Crippen LogP contribution in [0.4, 0.5) is 5.82 Å². The van der Waals surface area contributed by atoms with Gasteiger partial charge in [0.1, 0.15) is 6.10 Å². The highest BCUT2D eigenvalue weighted by Gasteiger charge is 2.32. The molecular weight excluding hydrogens is 376 g/mol. The van der Waals surface area contributed by atoms with E-state index in [2.05, 4.69) is 9.97 Å². The molecule has 1 aliphatic rings. The van der Waals surface area contributed by atoms with Crippen molar-refractivity contribution < 1.29 is 13.2 Å². The molecule has 1 aromatic heterocycles. The monoisotopic (exact) mass is 396 g/mol. The van der Waals surface area contributed by atoms with Gasteiger partial charge in [0.05, 0.1) is 24.7 Å². The number of benzene rings is 1.